The van der Waals surface area contributed by atoms with Crippen LogP contribution in [0.1, 0.15) is 16.2 Å². The minimum atomic E-state index is -0.0541. The van der Waals surface area contributed by atoms with E-state index in [0.29, 0.717) is 18.8 Å². The SMILES string of the molecule is O=C(c1cn(-c2ccccc2)nn1)N1CCN(CCc2ccccn2)CC1. The zero-order chi connectivity index (χ0) is 18.5. The third-order valence-corrected chi connectivity index (χ3v) is 4.80. The summed E-state index contributed by atoms with van der Waals surface area (Å²) in [5.41, 5.74) is 2.39. The highest BCUT2D eigenvalue weighted by atomic mass is 16.2. The molecule has 0 bridgehead atoms. The first-order valence-corrected chi connectivity index (χ1v) is 9.19. The van der Waals surface area contributed by atoms with Crippen molar-refractivity contribution in [2.75, 3.05) is 32.7 Å². The molecule has 4 rings (SSSR count). The highest BCUT2D eigenvalue weighted by molar-refractivity contribution is 5.92. The summed E-state index contributed by atoms with van der Waals surface area (Å²) in [7, 11) is 0. The summed E-state index contributed by atoms with van der Waals surface area (Å²) in [5, 5.41) is 8.14. The lowest BCUT2D eigenvalue weighted by Gasteiger charge is -2.34. The molecule has 0 spiro atoms. The first-order chi connectivity index (χ1) is 13.3. The van der Waals surface area contributed by atoms with Crippen LogP contribution in [0.2, 0.25) is 0 Å². The van der Waals surface area contributed by atoms with Gasteiger partial charge in [0.1, 0.15) is 0 Å². The van der Waals surface area contributed by atoms with Crippen molar-refractivity contribution in [3.8, 4) is 5.69 Å². The Labute approximate surface area is 158 Å². The van der Waals surface area contributed by atoms with Gasteiger partial charge in [0.2, 0.25) is 0 Å². The van der Waals surface area contributed by atoms with Gasteiger partial charge in [0.05, 0.1) is 11.9 Å². The molecule has 0 radical (unpaired) electrons. The number of aromatic nitrogens is 4. The Morgan fingerprint density at radius 3 is 2.48 bits per heavy atom. The van der Waals surface area contributed by atoms with E-state index in [1.54, 1.807) is 10.9 Å². The number of para-hydroxylation sites is 1. The van der Waals surface area contributed by atoms with Gasteiger partial charge in [-0.15, -0.1) is 5.10 Å². The molecule has 7 nitrogen and oxygen atoms in total. The predicted octanol–water partition coefficient (Wildman–Crippen LogP) is 1.66. The maximum atomic E-state index is 12.7. The van der Waals surface area contributed by atoms with E-state index in [-0.39, 0.29) is 5.91 Å². The first-order valence-electron chi connectivity index (χ1n) is 9.19. The van der Waals surface area contributed by atoms with Crippen molar-refractivity contribution < 1.29 is 4.79 Å². The number of carbonyl (C=O) groups is 1. The average Bonchev–Trinajstić information content (AvgIpc) is 3.24. The van der Waals surface area contributed by atoms with Gasteiger partial charge in [0.15, 0.2) is 5.69 Å². The number of amides is 1. The molecule has 1 aliphatic rings. The van der Waals surface area contributed by atoms with E-state index in [2.05, 4.69) is 26.3 Å². The van der Waals surface area contributed by atoms with Crippen LogP contribution in [0.3, 0.4) is 0 Å². The second-order valence-corrected chi connectivity index (χ2v) is 6.59. The number of nitrogens with zero attached hydrogens (tertiary/aromatic N) is 6. The van der Waals surface area contributed by atoms with Gasteiger partial charge in [-0.1, -0.05) is 29.5 Å². The molecule has 3 aromatic rings. The summed E-state index contributed by atoms with van der Waals surface area (Å²) in [4.78, 5) is 21.3. The Morgan fingerprint density at radius 1 is 0.963 bits per heavy atom. The topological polar surface area (TPSA) is 67.2 Å². The second kappa shape index (κ2) is 8.09. The Morgan fingerprint density at radius 2 is 1.74 bits per heavy atom. The van der Waals surface area contributed by atoms with Crippen molar-refractivity contribution in [3.63, 3.8) is 0 Å². The molecule has 0 saturated carbocycles. The number of piperazine rings is 1. The Kier molecular flexibility index (Phi) is 5.20. The summed E-state index contributed by atoms with van der Waals surface area (Å²) in [6.45, 7) is 4.11. The lowest BCUT2D eigenvalue weighted by Crippen LogP contribution is -2.49. The Hall–Kier alpha value is -3.06. The predicted molar refractivity (Wildman–Crippen MR) is 102 cm³/mol. The lowest BCUT2D eigenvalue weighted by molar-refractivity contribution is 0.0632. The van der Waals surface area contributed by atoms with Crippen molar-refractivity contribution in [2.45, 2.75) is 6.42 Å². The van der Waals surface area contributed by atoms with E-state index in [9.17, 15) is 4.79 Å². The molecule has 0 atom stereocenters. The lowest BCUT2D eigenvalue weighted by atomic mass is 10.2. The van der Waals surface area contributed by atoms with E-state index in [1.807, 2.05) is 53.6 Å². The summed E-state index contributed by atoms with van der Waals surface area (Å²) >= 11 is 0. The maximum absolute atomic E-state index is 12.7. The van der Waals surface area contributed by atoms with E-state index in [1.165, 1.54) is 0 Å². The van der Waals surface area contributed by atoms with Crippen LogP contribution in [-0.2, 0) is 6.42 Å². The van der Waals surface area contributed by atoms with Gasteiger partial charge < -0.3 is 4.90 Å². The van der Waals surface area contributed by atoms with Crippen molar-refractivity contribution in [2.24, 2.45) is 0 Å². The molecule has 3 heterocycles. The number of hydrogen-bond donors (Lipinski definition) is 0. The summed E-state index contributed by atoms with van der Waals surface area (Å²) in [6, 6.07) is 15.7. The van der Waals surface area contributed by atoms with Crippen LogP contribution in [0.25, 0.3) is 5.69 Å². The van der Waals surface area contributed by atoms with Crippen LogP contribution in [0.5, 0.6) is 0 Å². The number of benzene rings is 1. The number of pyridine rings is 1. The summed E-state index contributed by atoms with van der Waals surface area (Å²) < 4.78 is 1.64. The maximum Gasteiger partial charge on any atom is 0.276 e. The monoisotopic (exact) mass is 362 g/mol. The molecular formula is C20H22N6O. The number of hydrogen-bond acceptors (Lipinski definition) is 5. The second-order valence-electron chi connectivity index (χ2n) is 6.59. The summed E-state index contributed by atoms with van der Waals surface area (Å²) in [6.07, 6.45) is 4.46. The van der Waals surface area contributed by atoms with Gasteiger partial charge in [0.25, 0.3) is 5.91 Å². The molecule has 7 heteroatoms. The standard InChI is InChI=1S/C20H22N6O/c27-20(19-16-26(23-22-19)18-7-2-1-3-8-18)25-14-12-24(13-15-25)11-9-17-6-4-5-10-21-17/h1-8,10,16H,9,11-15H2. The fourth-order valence-corrected chi connectivity index (χ4v) is 3.22. The van der Waals surface area contributed by atoms with Crippen LogP contribution in [0, 0.1) is 0 Å². The van der Waals surface area contributed by atoms with Gasteiger partial charge in [0, 0.05) is 51.0 Å². The van der Waals surface area contributed by atoms with Crippen molar-refractivity contribution in [3.05, 3.63) is 72.3 Å². The minimum Gasteiger partial charge on any atom is -0.335 e. The molecule has 138 valence electrons. The fourth-order valence-electron chi connectivity index (χ4n) is 3.22. The molecule has 2 aromatic heterocycles. The van der Waals surface area contributed by atoms with E-state index < -0.39 is 0 Å². The first kappa shape index (κ1) is 17.4. The van der Waals surface area contributed by atoms with E-state index in [0.717, 1.165) is 37.4 Å². The van der Waals surface area contributed by atoms with Crippen LogP contribution < -0.4 is 0 Å². The molecule has 0 N–H and O–H groups in total. The van der Waals surface area contributed by atoms with Crippen LogP contribution >= 0.6 is 0 Å². The third kappa shape index (κ3) is 4.20. The smallest absolute Gasteiger partial charge is 0.276 e. The zero-order valence-electron chi connectivity index (χ0n) is 15.1. The molecule has 1 amide bonds. The molecule has 1 aliphatic heterocycles. The normalized spacial score (nSPS) is 15.0. The highest BCUT2D eigenvalue weighted by Crippen LogP contribution is 2.10. The molecule has 27 heavy (non-hydrogen) atoms. The van der Waals surface area contributed by atoms with E-state index in [4.69, 9.17) is 0 Å². The average molecular weight is 362 g/mol. The highest BCUT2D eigenvalue weighted by Gasteiger charge is 2.24. The molecule has 0 unspecified atom stereocenters. The molecule has 1 aromatic carbocycles. The Bertz CT molecular complexity index is 872. The molecular weight excluding hydrogens is 340 g/mol. The number of carbonyl (C=O) groups excluding carboxylic acids is 1. The van der Waals surface area contributed by atoms with Gasteiger partial charge in [-0.25, -0.2) is 4.68 Å². The van der Waals surface area contributed by atoms with Gasteiger partial charge in [-0.3, -0.25) is 14.7 Å². The minimum absolute atomic E-state index is 0.0541. The largest absolute Gasteiger partial charge is 0.335 e. The third-order valence-electron chi connectivity index (χ3n) is 4.80. The molecule has 0 aliphatic carbocycles. The van der Waals surface area contributed by atoms with Gasteiger partial charge in [-0.2, -0.15) is 0 Å². The van der Waals surface area contributed by atoms with Gasteiger partial charge in [-0.05, 0) is 24.3 Å². The summed E-state index contributed by atoms with van der Waals surface area (Å²) in [5.74, 6) is -0.0541. The van der Waals surface area contributed by atoms with Crippen molar-refractivity contribution in [1.29, 1.82) is 0 Å². The Balaban J connectivity index is 1.30. The van der Waals surface area contributed by atoms with Crippen molar-refractivity contribution >= 4 is 5.91 Å². The quantitative estimate of drug-likeness (QED) is 0.691. The van der Waals surface area contributed by atoms with Crippen LogP contribution in [-0.4, -0.2) is 68.4 Å². The zero-order valence-corrected chi connectivity index (χ0v) is 15.1. The molecule has 1 fully saturated rings. The van der Waals surface area contributed by atoms with Gasteiger partial charge >= 0.3 is 0 Å². The van der Waals surface area contributed by atoms with E-state index >= 15 is 0 Å². The fraction of sp³-hybridized carbons (Fsp3) is 0.300. The molecule has 1 saturated heterocycles. The number of rotatable bonds is 5. The van der Waals surface area contributed by atoms with Crippen LogP contribution in [0.15, 0.2) is 60.9 Å². The van der Waals surface area contributed by atoms with Crippen LogP contribution in [0.4, 0.5) is 0 Å². The van der Waals surface area contributed by atoms with Crippen molar-refractivity contribution in [1.82, 2.24) is 29.8 Å².